The van der Waals surface area contributed by atoms with Gasteiger partial charge in [0.1, 0.15) is 0 Å². The molecule has 104 valence electrons. The third kappa shape index (κ3) is 2.96. The zero-order chi connectivity index (χ0) is 14.0. The summed E-state index contributed by atoms with van der Waals surface area (Å²) in [6.45, 7) is 2.52. The molecule has 0 aromatic carbocycles. The highest BCUT2D eigenvalue weighted by molar-refractivity contribution is 5.94. The lowest BCUT2D eigenvalue weighted by molar-refractivity contribution is 0.0583. The summed E-state index contributed by atoms with van der Waals surface area (Å²) in [6, 6.07) is 2.36. The van der Waals surface area contributed by atoms with Gasteiger partial charge in [0, 0.05) is 30.8 Å². The number of aromatic hydroxyl groups is 1. The average Bonchev–Trinajstić information content (AvgIpc) is 2.36. The first kappa shape index (κ1) is 13.6. The number of nitrogens with one attached hydrogen (secondary N) is 1. The topological polar surface area (TPSA) is 99.4 Å². The van der Waals surface area contributed by atoms with Gasteiger partial charge in [0.05, 0.1) is 5.56 Å². The molecule has 1 aliphatic rings. The Bertz CT molecular complexity index is 524. The Balaban J connectivity index is 2.28. The number of pyridine rings is 1. The van der Waals surface area contributed by atoms with E-state index < -0.39 is 5.56 Å². The minimum Gasteiger partial charge on any atom is -0.494 e. The molecular formula is C13H19N3O3. The van der Waals surface area contributed by atoms with Gasteiger partial charge in [-0.25, -0.2) is 0 Å². The van der Waals surface area contributed by atoms with Crippen LogP contribution in [0.3, 0.4) is 0 Å². The van der Waals surface area contributed by atoms with Crippen molar-refractivity contribution in [2.45, 2.75) is 38.3 Å². The molecule has 0 radical (unpaired) electrons. The Morgan fingerprint density at radius 3 is 2.89 bits per heavy atom. The summed E-state index contributed by atoms with van der Waals surface area (Å²) < 4.78 is 0. The molecule has 1 amide bonds. The number of piperidine rings is 1. The Morgan fingerprint density at radius 2 is 2.26 bits per heavy atom. The summed E-state index contributed by atoms with van der Waals surface area (Å²) in [7, 11) is 0. The highest BCUT2D eigenvalue weighted by Crippen LogP contribution is 2.21. The van der Waals surface area contributed by atoms with E-state index in [2.05, 4.69) is 4.98 Å². The van der Waals surface area contributed by atoms with Crippen LogP contribution in [0.5, 0.6) is 5.88 Å². The normalized spacial score (nSPS) is 21.2. The van der Waals surface area contributed by atoms with Crippen LogP contribution in [0.15, 0.2) is 16.9 Å². The van der Waals surface area contributed by atoms with E-state index in [1.807, 2.05) is 6.92 Å². The predicted molar refractivity (Wildman–Crippen MR) is 71.1 cm³/mol. The zero-order valence-electron chi connectivity index (χ0n) is 10.9. The van der Waals surface area contributed by atoms with Crippen LogP contribution in [0.25, 0.3) is 0 Å². The number of aromatic nitrogens is 1. The van der Waals surface area contributed by atoms with Gasteiger partial charge in [0.15, 0.2) is 5.88 Å². The van der Waals surface area contributed by atoms with Crippen molar-refractivity contribution in [1.29, 1.82) is 0 Å². The van der Waals surface area contributed by atoms with Crippen molar-refractivity contribution < 1.29 is 9.90 Å². The quantitative estimate of drug-likeness (QED) is 0.721. The van der Waals surface area contributed by atoms with Crippen LogP contribution in [0, 0.1) is 0 Å². The van der Waals surface area contributed by atoms with Crippen LogP contribution in [0.2, 0.25) is 0 Å². The largest absolute Gasteiger partial charge is 0.494 e. The van der Waals surface area contributed by atoms with Gasteiger partial charge in [-0.1, -0.05) is 0 Å². The van der Waals surface area contributed by atoms with Crippen molar-refractivity contribution in [3.05, 3.63) is 28.0 Å². The molecule has 19 heavy (non-hydrogen) atoms. The van der Waals surface area contributed by atoms with Gasteiger partial charge in [0.25, 0.3) is 11.5 Å². The van der Waals surface area contributed by atoms with E-state index in [9.17, 15) is 14.7 Å². The number of carbonyl (C=O) groups excluding carboxylic acids is 1. The molecular weight excluding hydrogens is 246 g/mol. The van der Waals surface area contributed by atoms with E-state index in [-0.39, 0.29) is 29.4 Å². The van der Waals surface area contributed by atoms with Crippen LogP contribution in [0.1, 0.15) is 36.5 Å². The van der Waals surface area contributed by atoms with E-state index in [0.717, 1.165) is 19.3 Å². The highest BCUT2D eigenvalue weighted by atomic mass is 16.3. The second-order valence-electron chi connectivity index (χ2n) is 5.04. The van der Waals surface area contributed by atoms with Gasteiger partial charge in [0.2, 0.25) is 0 Å². The Morgan fingerprint density at radius 1 is 1.53 bits per heavy atom. The lowest BCUT2D eigenvalue weighted by Gasteiger charge is -2.38. The second-order valence-corrected chi connectivity index (χ2v) is 5.04. The summed E-state index contributed by atoms with van der Waals surface area (Å²) in [5.41, 5.74) is 5.64. The number of aromatic amines is 1. The first-order valence-corrected chi connectivity index (χ1v) is 6.49. The number of rotatable bonds is 2. The molecule has 2 rings (SSSR count). The first-order valence-electron chi connectivity index (χ1n) is 6.49. The number of amides is 1. The third-order valence-electron chi connectivity index (χ3n) is 3.49. The fourth-order valence-corrected chi connectivity index (χ4v) is 2.57. The SMILES string of the molecule is CC(N)C1CCCCN1C(=O)c1cc(O)[nH]c(=O)c1. The number of likely N-dealkylation sites (tertiary alicyclic amines) is 1. The zero-order valence-corrected chi connectivity index (χ0v) is 10.9. The minimum absolute atomic E-state index is 0.0114. The Labute approximate surface area is 111 Å². The number of carbonyl (C=O) groups is 1. The van der Waals surface area contributed by atoms with Gasteiger partial charge in [-0.05, 0) is 26.2 Å². The van der Waals surface area contributed by atoms with E-state index in [0.29, 0.717) is 6.54 Å². The van der Waals surface area contributed by atoms with Crippen molar-refractivity contribution in [2.75, 3.05) is 6.54 Å². The predicted octanol–water partition coefficient (Wildman–Crippen LogP) is 0.422. The average molecular weight is 265 g/mol. The van der Waals surface area contributed by atoms with Crippen LogP contribution in [-0.4, -0.2) is 39.5 Å². The molecule has 2 atom stereocenters. The van der Waals surface area contributed by atoms with Crippen LogP contribution in [0.4, 0.5) is 0 Å². The van der Waals surface area contributed by atoms with Crippen LogP contribution < -0.4 is 11.3 Å². The van der Waals surface area contributed by atoms with Gasteiger partial charge in [-0.2, -0.15) is 0 Å². The molecule has 2 heterocycles. The molecule has 6 nitrogen and oxygen atoms in total. The molecule has 1 fully saturated rings. The summed E-state index contributed by atoms with van der Waals surface area (Å²) in [6.07, 6.45) is 2.86. The standard InChI is InChI=1S/C13H19N3O3/c1-8(14)10-4-2-3-5-16(10)13(19)9-6-11(17)15-12(18)7-9/h6-8,10H,2-5,14H2,1H3,(H2,15,17,18). The first-order chi connectivity index (χ1) is 8.99. The maximum atomic E-state index is 12.4. The monoisotopic (exact) mass is 265 g/mol. The molecule has 4 N–H and O–H groups in total. The van der Waals surface area contributed by atoms with Gasteiger partial charge in [-0.3, -0.25) is 14.6 Å². The third-order valence-corrected chi connectivity index (χ3v) is 3.49. The molecule has 1 saturated heterocycles. The van der Waals surface area contributed by atoms with Crippen LogP contribution >= 0.6 is 0 Å². The van der Waals surface area contributed by atoms with E-state index >= 15 is 0 Å². The van der Waals surface area contributed by atoms with Crippen molar-refractivity contribution in [1.82, 2.24) is 9.88 Å². The molecule has 1 aliphatic heterocycles. The molecule has 6 heteroatoms. The number of hydrogen-bond donors (Lipinski definition) is 3. The van der Waals surface area contributed by atoms with Crippen LogP contribution in [-0.2, 0) is 0 Å². The molecule has 1 aromatic rings. The Hall–Kier alpha value is -1.82. The van der Waals surface area contributed by atoms with Crippen molar-refractivity contribution >= 4 is 5.91 Å². The van der Waals surface area contributed by atoms with Crippen molar-refractivity contribution in [3.8, 4) is 5.88 Å². The minimum atomic E-state index is -0.488. The smallest absolute Gasteiger partial charge is 0.254 e. The maximum absolute atomic E-state index is 12.4. The summed E-state index contributed by atoms with van der Waals surface area (Å²) >= 11 is 0. The van der Waals surface area contributed by atoms with E-state index in [4.69, 9.17) is 5.73 Å². The number of H-pyrrole nitrogens is 1. The molecule has 2 unspecified atom stereocenters. The molecule has 0 saturated carbocycles. The van der Waals surface area contributed by atoms with Gasteiger partial charge in [-0.15, -0.1) is 0 Å². The lowest BCUT2D eigenvalue weighted by Crippen LogP contribution is -2.51. The van der Waals surface area contributed by atoms with E-state index in [1.165, 1.54) is 12.1 Å². The summed E-state index contributed by atoms with van der Waals surface area (Å²) in [5.74, 6) is -0.548. The highest BCUT2D eigenvalue weighted by Gasteiger charge is 2.30. The lowest BCUT2D eigenvalue weighted by atomic mass is 9.96. The van der Waals surface area contributed by atoms with Gasteiger partial charge >= 0.3 is 0 Å². The molecule has 0 aliphatic carbocycles. The maximum Gasteiger partial charge on any atom is 0.254 e. The van der Waals surface area contributed by atoms with Crippen molar-refractivity contribution in [2.24, 2.45) is 5.73 Å². The number of nitrogens with two attached hydrogens (primary N) is 1. The molecule has 1 aromatic heterocycles. The second kappa shape index (κ2) is 5.44. The van der Waals surface area contributed by atoms with E-state index in [1.54, 1.807) is 4.90 Å². The summed E-state index contributed by atoms with van der Waals surface area (Å²) in [5, 5.41) is 9.37. The fraction of sp³-hybridized carbons (Fsp3) is 0.538. The molecule has 0 spiro atoms. The Kier molecular flexibility index (Phi) is 3.90. The fourth-order valence-electron chi connectivity index (χ4n) is 2.57. The summed E-state index contributed by atoms with van der Waals surface area (Å²) in [4.78, 5) is 27.6. The van der Waals surface area contributed by atoms with Gasteiger partial charge < -0.3 is 15.7 Å². The number of nitrogens with zero attached hydrogens (tertiary/aromatic N) is 1. The molecule has 0 bridgehead atoms. The van der Waals surface area contributed by atoms with Crippen molar-refractivity contribution in [3.63, 3.8) is 0 Å². The number of hydrogen-bond acceptors (Lipinski definition) is 4.